The summed E-state index contributed by atoms with van der Waals surface area (Å²) in [7, 11) is 1.67. The zero-order valence-electron chi connectivity index (χ0n) is 19.7. The molecule has 1 aliphatic rings. The van der Waals surface area contributed by atoms with Crippen molar-refractivity contribution in [2.75, 3.05) is 37.4 Å². The molecule has 3 aromatic rings. The van der Waals surface area contributed by atoms with Crippen LogP contribution in [-0.4, -0.2) is 57.9 Å². The number of H-pyrrole nitrogens is 1. The zero-order chi connectivity index (χ0) is 23.2. The van der Waals surface area contributed by atoms with Crippen LogP contribution in [-0.2, 0) is 0 Å². The van der Waals surface area contributed by atoms with E-state index in [2.05, 4.69) is 55.6 Å². The fraction of sp³-hybridized carbons (Fsp3) is 0.417. The van der Waals surface area contributed by atoms with Crippen molar-refractivity contribution in [2.24, 2.45) is 5.92 Å². The number of rotatable bonds is 8. The number of hydrogen-bond acceptors (Lipinski definition) is 8. The summed E-state index contributed by atoms with van der Waals surface area (Å²) in [5.41, 5.74) is 3.05. The summed E-state index contributed by atoms with van der Waals surface area (Å²) >= 11 is 0. The molecule has 0 atom stereocenters. The molecule has 34 heavy (non-hydrogen) atoms. The van der Waals surface area contributed by atoms with E-state index in [0.717, 1.165) is 29.2 Å². The molecule has 3 N–H and O–H groups in total. The van der Waals surface area contributed by atoms with Crippen molar-refractivity contribution < 1.29 is 4.74 Å². The smallest absolute Gasteiger partial charge is 0.158 e. The third-order valence-electron chi connectivity index (χ3n) is 6.07. The molecule has 0 amide bonds. The van der Waals surface area contributed by atoms with E-state index >= 15 is 0 Å². The number of likely N-dealkylation sites (tertiary alicyclic amines) is 1. The highest BCUT2D eigenvalue weighted by Gasteiger charge is 2.20. The molecule has 1 aromatic carbocycles. The lowest BCUT2D eigenvalue weighted by molar-refractivity contribution is 0.154. The van der Waals surface area contributed by atoms with Gasteiger partial charge in [-0.15, -0.1) is 12.4 Å². The second kappa shape index (κ2) is 11.7. The molecule has 9 nitrogen and oxygen atoms in total. The Labute approximate surface area is 206 Å². The fourth-order valence-electron chi connectivity index (χ4n) is 4.06. The average Bonchev–Trinajstić information content (AvgIpc) is 3.31. The van der Waals surface area contributed by atoms with Gasteiger partial charge in [-0.2, -0.15) is 10.4 Å². The van der Waals surface area contributed by atoms with Gasteiger partial charge in [-0.1, -0.05) is 0 Å². The van der Waals surface area contributed by atoms with Gasteiger partial charge in [0.15, 0.2) is 11.5 Å². The van der Waals surface area contributed by atoms with Gasteiger partial charge in [-0.3, -0.25) is 5.10 Å². The topological polar surface area (TPSA) is 115 Å². The average molecular weight is 483 g/mol. The number of nitriles is 1. The van der Waals surface area contributed by atoms with Gasteiger partial charge in [-0.05, 0) is 57.8 Å². The lowest BCUT2D eigenvalue weighted by atomic mass is 9.96. The molecular weight excluding hydrogens is 452 g/mol. The SMILES string of the molecule is COc1cc(NCC2CCN(C(C)C)CC2)ccc1-c1cc(Nc2cnc(C#N)cn2)n[nH]1.Cl. The second-order valence-corrected chi connectivity index (χ2v) is 8.56. The van der Waals surface area contributed by atoms with Crippen molar-refractivity contribution >= 4 is 29.7 Å². The van der Waals surface area contributed by atoms with Crippen molar-refractivity contribution in [1.29, 1.82) is 5.26 Å². The van der Waals surface area contributed by atoms with E-state index in [-0.39, 0.29) is 18.1 Å². The summed E-state index contributed by atoms with van der Waals surface area (Å²) in [6, 6.07) is 10.6. The molecular formula is C24H31ClN8O. The molecule has 0 aliphatic carbocycles. The predicted octanol–water partition coefficient (Wildman–Crippen LogP) is 4.44. The van der Waals surface area contributed by atoms with Crippen LogP contribution >= 0.6 is 12.4 Å². The monoisotopic (exact) mass is 482 g/mol. The molecule has 0 radical (unpaired) electrons. The van der Waals surface area contributed by atoms with Gasteiger partial charge in [0, 0.05) is 36.0 Å². The Morgan fingerprint density at radius 3 is 2.62 bits per heavy atom. The third kappa shape index (κ3) is 6.16. The van der Waals surface area contributed by atoms with Crippen LogP contribution in [0.2, 0.25) is 0 Å². The number of hydrogen-bond donors (Lipinski definition) is 3. The quantitative estimate of drug-likeness (QED) is 0.431. The minimum absolute atomic E-state index is 0. The summed E-state index contributed by atoms with van der Waals surface area (Å²) in [5.74, 6) is 2.57. The number of ether oxygens (including phenoxy) is 1. The number of anilines is 3. The van der Waals surface area contributed by atoms with E-state index in [9.17, 15) is 0 Å². The normalized spacial score (nSPS) is 14.3. The molecule has 1 aliphatic heterocycles. The van der Waals surface area contributed by atoms with E-state index in [0.29, 0.717) is 23.6 Å². The van der Waals surface area contributed by atoms with E-state index in [1.165, 1.54) is 38.3 Å². The van der Waals surface area contributed by atoms with E-state index in [4.69, 9.17) is 10.00 Å². The summed E-state index contributed by atoms with van der Waals surface area (Å²) in [6.07, 6.45) is 5.38. The first-order valence-electron chi connectivity index (χ1n) is 11.3. The number of piperidine rings is 1. The van der Waals surface area contributed by atoms with E-state index in [1.54, 1.807) is 7.11 Å². The number of methoxy groups -OCH3 is 1. The Balaban J connectivity index is 0.00000324. The lowest BCUT2D eigenvalue weighted by Gasteiger charge is -2.34. The molecule has 2 aromatic heterocycles. The molecule has 10 heteroatoms. The number of aromatic amines is 1. The summed E-state index contributed by atoms with van der Waals surface area (Å²) in [4.78, 5) is 10.7. The van der Waals surface area contributed by atoms with Crippen LogP contribution in [0.4, 0.5) is 17.3 Å². The molecule has 1 fully saturated rings. The number of halogens is 1. The fourth-order valence-corrected chi connectivity index (χ4v) is 4.06. The van der Waals surface area contributed by atoms with Crippen LogP contribution in [0.1, 0.15) is 32.4 Å². The van der Waals surface area contributed by atoms with Crippen molar-refractivity contribution in [2.45, 2.75) is 32.7 Å². The largest absolute Gasteiger partial charge is 0.496 e. The first-order chi connectivity index (χ1) is 16.1. The maximum atomic E-state index is 8.84. The lowest BCUT2D eigenvalue weighted by Crippen LogP contribution is -2.39. The first kappa shape index (κ1) is 25.3. The van der Waals surface area contributed by atoms with Crippen LogP contribution in [0.3, 0.4) is 0 Å². The minimum atomic E-state index is 0. The van der Waals surface area contributed by atoms with E-state index < -0.39 is 0 Å². The molecule has 0 saturated carbocycles. The third-order valence-corrected chi connectivity index (χ3v) is 6.07. The molecule has 4 rings (SSSR count). The van der Waals surface area contributed by atoms with Gasteiger partial charge in [0.25, 0.3) is 0 Å². The van der Waals surface area contributed by atoms with Gasteiger partial charge in [0.1, 0.15) is 17.6 Å². The maximum absolute atomic E-state index is 8.84. The van der Waals surface area contributed by atoms with Gasteiger partial charge in [-0.25, -0.2) is 9.97 Å². The Bertz CT molecular complexity index is 1100. The van der Waals surface area contributed by atoms with Gasteiger partial charge in [0.05, 0.1) is 25.2 Å². The first-order valence-corrected chi connectivity index (χ1v) is 11.3. The predicted molar refractivity (Wildman–Crippen MR) is 136 cm³/mol. The van der Waals surface area contributed by atoms with Crippen molar-refractivity contribution in [3.05, 3.63) is 42.4 Å². The standard InChI is InChI=1S/C24H30N8O.ClH/c1-16(2)32-8-6-17(7-9-32)13-26-18-4-5-20(22(10-18)33-3)21-11-23(31-30-21)29-24-15-27-19(12-25)14-28-24;/h4-5,10-11,14-17,26H,6-9,13H2,1-3H3,(H2,28,29,30,31);1H. The van der Waals surface area contributed by atoms with Gasteiger partial charge in [0.2, 0.25) is 0 Å². The summed E-state index contributed by atoms with van der Waals surface area (Å²) < 4.78 is 5.66. The summed E-state index contributed by atoms with van der Waals surface area (Å²) in [6.45, 7) is 7.86. The highest BCUT2D eigenvalue weighted by Crippen LogP contribution is 2.33. The van der Waals surface area contributed by atoms with Gasteiger partial charge >= 0.3 is 0 Å². The van der Waals surface area contributed by atoms with Gasteiger partial charge < -0.3 is 20.3 Å². The van der Waals surface area contributed by atoms with Crippen LogP contribution in [0.15, 0.2) is 36.7 Å². The minimum Gasteiger partial charge on any atom is -0.496 e. The summed E-state index contributed by atoms with van der Waals surface area (Å²) in [5, 5.41) is 22.8. The molecule has 0 spiro atoms. The van der Waals surface area contributed by atoms with Crippen molar-refractivity contribution in [1.82, 2.24) is 25.1 Å². The van der Waals surface area contributed by atoms with Crippen LogP contribution in [0.5, 0.6) is 5.75 Å². The Morgan fingerprint density at radius 1 is 1.18 bits per heavy atom. The highest BCUT2D eigenvalue weighted by molar-refractivity contribution is 5.85. The maximum Gasteiger partial charge on any atom is 0.158 e. The molecule has 1 saturated heterocycles. The number of benzene rings is 1. The number of nitrogens with zero attached hydrogens (tertiary/aromatic N) is 5. The molecule has 0 bridgehead atoms. The van der Waals surface area contributed by atoms with Crippen LogP contribution in [0, 0.1) is 17.2 Å². The number of aromatic nitrogens is 4. The molecule has 3 heterocycles. The van der Waals surface area contributed by atoms with E-state index in [1.807, 2.05) is 24.3 Å². The Morgan fingerprint density at radius 2 is 1.97 bits per heavy atom. The Hall–Kier alpha value is -3.35. The Kier molecular flexibility index (Phi) is 8.68. The van der Waals surface area contributed by atoms with Crippen molar-refractivity contribution in [3.8, 4) is 23.1 Å². The number of nitrogens with one attached hydrogen (secondary N) is 3. The van der Waals surface area contributed by atoms with Crippen LogP contribution < -0.4 is 15.4 Å². The zero-order valence-corrected chi connectivity index (χ0v) is 20.5. The second-order valence-electron chi connectivity index (χ2n) is 8.56. The highest BCUT2D eigenvalue weighted by atomic mass is 35.5. The molecule has 180 valence electrons. The van der Waals surface area contributed by atoms with Crippen LogP contribution in [0.25, 0.3) is 11.3 Å². The van der Waals surface area contributed by atoms with Crippen molar-refractivity contribution in [3.63, 3.8) is 0 Å². The molecule has 0 unspecified atom stereocenters.